The summed E-state index contributed by atoms with van der Waals surface area (Å²) in [6.07, 6.45) is 11.7. The highest BCUT2D eigenvalue weighted by Crippen LogP contribution is 2.66. The van der Waals surface area contributed by atoms with Crippen LogP contribution in [0.5, 0.6) is 0 Å². The van der Waals surface area contributed by atoms with Crippen molar-refractivity contribution in [2.75, 3.05) is 0 Å². The molecule has 0 heterocycles. The molecule has 0 aromatic heterocycles. The van der Waals surface area contributed by atoms with Gasteiger partial charge >= 0.3 is 0 Å². The Kier molecular flexibility index (Phi) is 2.98. The van der Waals surface area contributed by atoms with Crippen molar-refractivity contribution in [1.29, 1.82) is 0 Å². The molecule has 1 nitrogen and oxygen atoms in total. The lowest BCUT2D eigenvalue weighted by Crippen LogP contribution is -2.53. The number of ketones is 1. The van der Waals surface area contributed by atoms with Gasteiger partial charge in [-0.05, 0) is 85.0 Å². The second-order valence-corrected chi connectivity index (χ2v) is 9.15. The largest absolute Gasteiger partial charge is 0.295 e. The smallest absolute Gasteiger partial charge is 0.158 e. The van der Waals surface area contributed by atoms with Gasteiger partial charge in [-0.3, -0.25) is 4.79 Å². The molecule has 21 heavy (non-hydrogen) atoms. The van der Waals surface area contributed by atoms with E-state index in [1.807, 2.05) is 0 Å². The standard InChI is InChI=1S/C20H30O/c1-13-12-20(3)14(11-18(13)21)6-7-15-16-5-4-9-19(16,2)10-8-17(15)20/h14-17H,1,4-12H2,2-3H3/t14?,15-,16-,17+,19-,20-/m0/s1. The average Bonchev–Trinajstić information content (AvgIpc) is 2.82. The van der Waals surface area contributed by atoms with Gasteiger partial charge in [0.25, 0.3) is 0 Å². The Labute approximate surface area is 129 Å². The van der Waals surface area contributed by atoms with Gasteiger partial charge in [-0.25, -0.2) is 0 Å². The van der Waals surface area contributed by atoms with Crippen LogP contribution >= 0.6 is 0 Å². The van der Waals surface area contributed by atoms with Gasteiger partial charge in [0.15, 0.2) is 5.78 Å². The van der Waals surface area contributed by atoms with Crippen molar-refractivity contribution in [1.82, 2.24) is 0 Å². The lowest BCUT2D eigenvalue weighted by atomic mass is 9.45. The normalized spacial score (nSPS) is 53.0. The molecule has 4 fully saturated rings. The molecule has 0 aliphatic heterocycles. The van der Waals surface area contributed by atoms with E-state index < -0.39 is 0 Å². The van der Waals surface area contributed by atoms with Crippen molar-refractivity contribution in [3.05, 3.63) is 12.2 Å². The van der Waals surface area contributed by atoms with E-state index in [4.69, 9.17) is 0 Å². The Morgan fingerprint density at radius 1 is 1.05 bits per heavy atom. The summed E-state index contributed by atoms with van der Waals surface area (Å²) < 4.78 is 0. The van der Waals surface area contributed by atoms with Gasteiger partial charge in [0.1, 0.15) is 0 Å². The SMILES string of the molecule is C=C1C[C@@]2(C)C(CC[C@@H]3[C@H]2CC[C@]2(C)CCC[C@@H]32)CC1=O. The van der Waals surface area contributed by atoms with Crippen molar-refractivity contribution in [2.45, 2.75) is 71.6 Å². The molecule has 1 unspecified atom stereocenters. The van der Waals surface area contributed by atoms with E-state index in [1.165, 1.54) is 44.9 Å². The van der Waals surface area contributed by atoms with Gasteiger partial charge in [0.2, 0.25) is 0 Å². The van der Waals surface area contributed by atoms with Crippen LogP contribution in [0.25, 0.3) is 0 Å². The summed E-state index contributed by atoms with van der Waals surface area (Å²) in [5.41, 5.74) is 1.94. The molecule has 4 saturated carbocycles. The Morgan fingerprint density at radius 2 is 1.86 bits per heavy atom. The molecule has 0 spiro atoms. The van der Waals surface area contributed by atoms with E-state index >= 15 is 0 Å². The Balaban J connectivity index is 1.66. The topological polar surface area (TPSA) is 17.1 Å². The molecule has 0 radical (unpaired) electrons. The minimum absolute atomic E-state index is 0.359. The number of hydrogen-bond acceptors (Lipinski definition) is 1. The van der Waals surface area contributed by atoms with Gasteiger partial charge in [0, 0.05) is 6.42 Å². The van der Waals surface area contributed by atoms with Crippen molar-refractivity contribution < 1.29 is 4.79 Å². The first-order valence-electron chi connectivity index (χ1n) is 9.15. The quantitative estimate of drug-likeness (QED) is 0.562. The van der Waals surface area contributed by atoms with E-state index in [-0.39, 0.29) is 0 Å². The van der Waals surface area contributed by atoms with Crippen LogP contribution in [-0.4, -0.2) is 5.78 Å². The van der Waals surface area contributed by atoms with Crippen molar-refractivity contribution in [3.63, 3.8) is 0 Å². The first kappa shape index (κ1) is 14.0. The summed E-state index contributed by atoms with van der Waals surface area (Å²) in [6, 6.07) is 0. The molecular weight excluding hydrogens is 256 g/mol. The fraction of sp³-hybridized carbons (Fsp3) is 0.850. The molecule has 4 rings (SSSR count). The van der Waals surface area contributed by atoms with Crippen LogP contribution in [0.1, 0.15) is 71.6 Å². The Hall–Kier alpha value is -0.590. The fourth-order valence-electron chi connectivity index (χ4n) is 7.07. The average molecular weight is 286 g/mol. The van der Waals surface area contributed by atoms with Crippen molar-refractivity contribution >= 4 is 5.78 Å². The lowest BCUT2D eigenvalue weighted by Gasteiger charge is -2.59. The van der Waals surface area contributed by atoms with Crippen LogP contribution in [0.4, 0.5) is 0 Å². The summed E-state index contributed by atoms with van der Waals surface area (Å²) >= 11 is 0. The van der Waals surface area contributed by atoms with Crippen molar-refractivity contribution in [3.8, 4) is 0 Å². The molecule has 6 atom stereocenters. The number of carbonyl (C=O) groups excluding carboxylic acids is 1. The third kappa shape index (κ3) is 1.85. The van der Waals surface area contributed by atoms with E-state index in [0.29, 0.717) is 22.5 Å². The number of Topliss-reactive ketones (excluding diaryl/α,β-unsaturated/α-hetero) is 1. The highest BCUT2D eigenvalue weighted by molar-refractivity contribution is 5.95. The minimum atomic E-state index is 0.359. The zero-order chi connectivity index (χ0) is 14.8. The first-order chi connectivity index (χ1) is 9.94. The fourth-order valence-corrected chi connectivity index (χ4v) is 7.07. The zero-order valence-corrected chi connectivity index (χ0v) is 13.8. The second kappa shape index (κ2) is 4.46. The molecule has 4 aliphatic rings. The monoisotopic (exact) mass is 286 g/mol. The van der Waals surface area contributed by atoms with Gasteiger partial charge in [0.05, 0.1) is 0 Å². The minimum Gasteiger partial charge on any atom is -0.295 e. The second-order valence-electron chi connectivity index (χ2n) is 9.15. The molecule has 4 aliphatic carbocycles. The molecule has 0 saturated heterocycles. The molecule has 0 aromatic carbocycles. The van der Waals surface area contributed by atoms with Gasteiger partial charge in [-0.1, -0.05) is 26.8 Å². The number of fused-ring (bicyclic) bond motifs is 5. The maximum absolute atomic E-state index is 12.1. The van der Waals surface area contributed by atoms with Crippen LogP contribution in [0, 0.1) is 34.5 Å². The molecule has 0 aromatic rings. The summed E-state index contributed by atoms with van der Waals surface area (Å²) in [4.78, 5) is 12.1. The number of hydrogen-bond donors (Lipinski definition) is 0. The summed E-state index contributed by atoms with van der Waals surface area (Å²) in [5.74, 6) is 3.77. The highest BCUT2D eigenvalue weighted by Gasteiger charge is 2.58. The van der Waals surface area contributed by atoms with Crippen LogP contribution in [0.2, 0.25) is 0 Å². The van der Waals surface area contributed by atoms with E-state index in [9.17, 15) is 4.79 Å². The van der Waals surface area contributed by atoms with Crippen LogP contribution in [0.3, 0.4) is 0 Å². The number of allylic oxidation sites excluding steroid dienone is 1. The molecule has 0 N–H and O–H groups in total. The third-order valence-electron chi connectivity index (χ3n) is 8.27. The Morgan fingerprint density at radius 3 is 2.67 bits per heavy atom. The first-order valence-corrected chi connectivity index (χ1v) is 9.15. The third-order valence-corrected chi connectivity index (χ3v) is 8.27. The zero-order valence-electron chi connectivity index (χ0n) is 13.8. The van der Waals surface area contributed by atoms with Crippen LogP contribution < -0.4 is 0 Å². The number of rotatable bonds is 0. The van der Waals surface area contributed by atoms with E-state index in [1.54, 1.807) is 0 Å². The van der Waals surface area contributed by atoms with Gasteiger partial charge in [-0.2, -0.15) is 0 Å². The maximum atomic E-state index is 12.1. The van der Waals surface area contributed by atoms with Gasteiger partial charge < -0.3 is 0 Å². The maximum Gasteiger partial charge on any atom is 0.158 e. The molecule has 0 amide bonds. The molecule has 116 valence electrons. The van der Waals surface area contributed by atoms with Gasteiger partial charge in [-0.15, -0.1) is 0 Å². The molecule has 1 heteroatoms. The van der Waals surface area contributed by atoms with E-state index in [0.717, 1.165) is 36.2 Å². The summed E-state index contributed by atoms with van der Waals surface area (Å²) in [7, 11) is 0. The predicted molar refractivity (Wildman–Crippen MR) is 85.9 cm³/mol. The lowest BCUT2D eigenvalue weighted by molar-refractivity contribution is -0.130. The highest BCUT2D eigenvalue weighted by atomic mass is 16.1. The summed E-state index contributed by atoms with van der Waals surface area (Å²) in [6.45, 7) is 9.17. The van der Waals surface area contributed by atoms with Crippen molar-refractivity contribution in [2.24, 2.45) is 34.5 Å². The van der Waals surface area contributed by atoms with Crippen LogP contribution in [-0.2, 0) is 4.79 Å². The molecular formula is C20H30O. The van der Waals surface area contributed by atoms with Crippen LogP contribution in [0.15, 0.2) is 12.2 Å². The Bertz CT molecular complexity index is 492. The molecule has 0 bridgehead atoms. The predicted octanol–water partition coefficient (Wildman–Crippen LogP) is 5.15. The van der Waals surface area contributed by atoms with E-state index in [2.05, 4.69) is 20.4 Å². The number of carbonyl (C=O) groups is 1. The summed E-state index contributed by atoms with van der Waals surface area (Å²) in [5, 5.41) is 0.